The van der Waals surface area contributed by atoms with E-state index in [0.29, 0.717) is 0 Å². The lowest BCUT2D eigenvalue weighted by atomic mass is 10.1. The number of fused-ring (bicyclic) bond motifs is 1. The summed E-state index contributed by atoms with van der Waals surface area (Å²) in [6.45, 7) is 4.94. The van der Waals surface area contributed by atoms with Crippen molar-refractivity contribution in [2.24, 2.45) is 0 Å². The minimum absolute atomic E-state index is 0.513. The van der Waals surface area contributed by atoms with Crippen molar-refractivity contribution in [2.45, 2.75) is 39.3 Å². The Labute approximate surface area is 131 Å². The van der Waals surface area contributed by atoms with Crippen molar-refractivity contribution in [1.29, 1.82) is 0 Å². The Hall–Kier alpha value is -2.13. The maximum atomic E-state index is 10.5. The number of hydrogen-bond donors (Lipinski definition) is 1. The number of aliphatic hydroxyl groups excluding tert-OH is 1. The number of imidazole rings is 1. The van der Waals surface area contributed by atoms with E-state index >= 15 is 0 Å². The van der Waals surface area contributed by atoms with E-state index in [9.17, 15) is 5.11 Å². The van der Waals surface area contributed by atoms with Crippen LogP contribution in [0.3, 0.4) is 0 Å². The Morgan fingerprint density at radius 1 is 1.09 bits per heavy atom. The van der Waals surface area contributed by atoms with Gasteiger partial charge in [-0.3, -0.25) is 0 Å². The van der Waals surface area contributed by atoms with Crippen LogP contribution in [0.4, 0.5) is 0 Å². The Morgan fingerprint density at radius 2 is 1.82 bits per heavy atom. The molecule has 0 unspecified atom stereocenters. The summed E-state index contributed by atoms with van der Waals surface area (Å²) in [5.41, 5.74) is 4.55. The first-order valence-electron chi connectivity index (χ1n) is 7.88. The third-order valence-electron chi connectivity index (χ3n) is 4.13. The van der Waals surface area contributed by atoms with Gasteiger partial charge in [0, 0.05) is 6.54 Å². The van der Waals surface area contributed by atoms with E-state index in [1.165, 1.54) is 11.1 Å². The van der Waals surface area contributed by atoms with Crippen molar-refractivity contribution >= 4 is 11.0 Å². The predicted molar refractivity (Wildman–Crippen MR) is 89.9 cm³/mol. The van der Waals surface area contributed by atoms with Gasteiger partial charge in [0.15, 0.2) is 0 Å². The number of nitrogens with zero attached hydrogens (tertiary/aromatic N) is 2. The molecular formula is C19H22N2O. The molecule has 0 aliphatic rings. The predicted octanol–water partition coefficient (Wildman–Crippen LogP) is 4.23. The van der Waals surface area contributed by atoms with E-state index in [1.54, 1.807) is 0 Å². The van der Waals surface area contributed by atoms with Gasteiger partial charge in [0.1, 0.15) is 11.9 Å². The van der Waals surface area contributed by atoms with Crippen molar-refractivity contribution in [3.8, 4) is 0 Å². The Kier molecular flexibility index (Phi) is 4.25. The first-order chi connectivity index (χ1) is 10.7. The van der Waals surface area contributed by atoms with Gasteiger partial charge in [-0.15, -0.1) is 0 Å². The van der Waals surface area contributed by atoms with Gasteiger partial charge < -0.3 is 9.67 Å². The number of benzene rings is 2. The molecule has 0 aliphatic heterocycles. The first kappa shape index (κ1) is 14.8. The second-order valence-electron chi connectivity index (χ2n) is 5.78. The molecule has 3 aromatic rings. The van der Waals surface area contributed by atoms with Crippen molar-refractivity contribution < 1.29 is 5.11 Å². The van der Waals surface area contributed by atoms with Gasteiger partial charge in [-0.2, -0.15) is 0 Å². The van der Waals surface area contributed by atoms with Crippen LogP contribution in [0.15, 0.2) is 48.5 Å². The number of para-hydroxylation sites is 2. The number of hydrogen-bond acceptors (Lipinski definition) is 2. The molecule has 3 rings (SSSR count). The lowest BCUT2D eigenvalue weighted by Gasteiger charge is -2.14. The molecule has 1 aromatic heterocycles. The molecule has 0 fully saturated rings. The molecule has 0 aliphatic carbocycles. The number of rotatable bonds is 5. The van der Waals surface area contributed by atoms with Crippen LogP contribution in [0, 0.1) is 6.92 Å². The normalized spacial score (nSPS) is 12.7. The van der Waals surface area contributed by atoms with Crippen molar-refractivity contribution in [3.05, 3.63) is 65.5 Å². The smallest absolute Gasteiger partial charge is 0.139 e. The standard InChI is InChI=1S/C19H22N2O/c1-3-8-18(22)19-20-16-11-6-7-12-17(16)21(19)13-15-10-5-4-9-14(15)2/h4-7,9-12,18,22H,3,8,13H2,1-2H3/t18-/m0/s1. The summed E-state index contributed by atoms with van der Waals surface area (Å²) in [5, 5.41) is 10.5. The largest absolute Gasteiger partial charge is 0.385 e. The zero-order valence-electron chi connectivity index (χ0n) is 13.2. The summed E-state index contributed by atoms with van der Waals surface area (Å²) in [5.74, 6) is 0.770. The lowest BCUT2D eigenvalue weighted by molar-refractivity contribution is 0.153. The highest BCUT2D eigenvalue weighted by atomic mass is 16.3. The minimum atomic E-state index is -0.513. The van der Waals surface area contributed by atoms with Crippen LogP contribution in [0.5, 0.6) is 0 Å². The number of aliphatic hydroxyl groups is 1. The molecule has 22 heavy (non-hydrogen) atoms. The molecule has 0 amide bonds. The second kappa shape index (κ2) is 6.32. The van der Waals surface area contributed by atoms with Crippen molar-refractivity contribution in [3.63, 3.8) is 0 Å². The Morgan fingerprint density at radius 3 is 2.59 bits per heavy atom. The van der Waals surface area contributed by atoms with Crippen molar-refractivity contribution in [1.82, 2.24) is 9.55 Å². The van der Waals surface area contributed by atoms with Crippen LogP contribution in [-0.2, 0) is 6.54 Å². The molecule has 1 N–H and O–H groups in total. The Balaban J connectivity index is 2.09. The third kappa shape index (κ3) is 2.77. The van der Waals surface area contributed by atoms with Gasteiger partial charge in [0.05, 0.1) is 11.0 Å². The topological polar surface area (TPSA) is 38.1 Å². The van der Waals surface area contributed by atoms with Gasteiger partial charge in [-0.1, -0.05) is 49.7 Å². The summed E-state index contributed by atoms with van der Waals surface area (Å²) >= 11 is 0. The molecule has 3 heteroatoms. The summed E-state index contributed by atoms with van der Waals surface area (Å²) in [6, 6.07) is 16.5. The van der Waals surface area contributed by atoms with Crippen LogP contribution in [-0.4, -0.2) is 14.7 Å². The maximum absolute atomic E-state index is 10.5. The van der Waals surface area contributed by atoms with E-state index in [1.807, 2.05) is 18.2 Å². The lowest BCUT2D eigenvalue weighted by Crippen LogP contribution is -2.10. The van der Waals surface area contributed by atoms with Gasteiger partial charge >= 0.3 is 0 Å². The van der Waals surface area contributed by atoms with E-state index in [-0.39, 0.29) is 0 Å². The molecule has 0 radical (unpaired) electrons. The van der Waals surface area contributed by atoms with Crippen LogP contribution in [0.2, 0.25) is 0 Å². The van der Waals surface area contributed by atoms with E-state index in [2.05, 4.69) is 53.7 Å². The second-order valence-corrected chi connectivity index (χ2v) is 5.78. The third-order valence-corrected chi connectivity index (χ3v) is 4.13. The summed E-state index contributed by atoms with van der Waals surface area (Å²) in [4.78, 5) is 4.67. The molecule has 1 atom stereocenters. The zero-order valence-corrected chi connectivity index (χ0v) is 13.2. The van der Waals surface area contributed by atoms with E-state index in [4.69, 9.17) is 0 Å². The molecule has 0 saturated heterocycles. The Bertz CT molecular complexity index is 776. The minimum Gasteiger partial charge on any atom is -0.385 e. The quantitative estimate of drug-likeness (QED) is 0.765. The highest BCUT2D eigenvalue weighted by Crippen LogP contribution is 2.25. The highest BCUT2D eigenvalue weighted by molar-refractivity contribution is 5.76. The van der Waals surface area contributed by atoms with Gasteiger partial charge in [-0.25, -0.2) is 4.98 Å². The summed E-state index contributed by atoms with van der Waals surface area (Å²) in [6.07, 6.45) is 1.16. The zero-order chi connectivity index (χ0) is 15.5. The molecule has 114 valence electrons. The molecule has 0 bridgehead atoms. The van der Waals surface area contributed by atoms with Gasteiger partial charge in [-0.05, 0) is 36.6 Å². The van der Waals surface area contributed by atoms with Gasteiger partial charge in [0.2, 0.25) is 0 Å². The molecule has 0 spiro atoms. The van der Waals surface area contributed by atoms with Crippen molar-refractivity contribution in [2.75, 3.05) is 0 Å². The number of aryl methyl sites for hydroxylation is 1. The van der Waals surface area contributed by atoms with Crippen LogP contribution >= 0.6 is 0 Å². The fourth-order valence-electron chi connectivity index (χ4n) is 2.88. The monoisotopic (exact) mass is 294 g/mol. The molecular weight excluding hydrogens is 272 g/mol. The van der Waals surface area contributed by atoms with Gasteiger partial charge in [0.25, 0.3) is 0 Å². The fourth-order valence-corrected chi connectivity index (χ4v) is 2.88. The highest BCUT2D eigenvalue weighted by Gasteiger charge is 2.17. The molecule has 2 aromatic carbocycles. The van der Waals surface area contributed by atoms with Crippen LogP contribution in [0.25, 0.3) is 11.0 Å². The molecule has 1 heterocycles. The van der Waals surface area contributed by atoms with E-state index < -0.39 is 6.10 Å². The SMILES string of the molecule is CCC[C@H](O)c1nc2ccccc2n1Cc1ccccc1C. The summed E-state index contributed by atoms with van der Waals surface area (Å²) in [7, 11) is 0. The summed E-state index contributed by atoms with van der Waals surface area (Å²) < 4.78 is 2.15. The fraction of sp³-hybridized carbons (Fsp3) is 0.316. The molecule has 3 nitrogen and oxygen atoms in total. The average molecular weight is 294 g/mol. The number of aromatic nitrogens is 2. The molecule has 0 saturated carbocycles. The maximum Gasteiger partial charge on any atom is 0.139 e. The van der Waals surface area contributed by atoms with Crippen LogP contribution < -0.4 is 0 Å². The first-order valence-corrected chi connectivity index (χ1v) is 7.88. The van der Waals surface area contributed by atoms with Crippen LogP contribution in [0.1, 0.15) is 42.8 Å². The van der Waals surface area contributed by atoms with E-state index in [0.717, 1.165) is 36.2 Å². The average Bonchev–Trinajstić information content (AvgIpc) is 2.89.